The molecule has 1 saturated heterocycles. The lowest BCUT2D eigenvalue weighted by Crippen LogP contribution is -2.56. The maximum absolute atomic E-state index is 13.2. The molecule has 2 atom stereocenters. The van der Waals surface area contributed by atoms with E-state index in [4.69, 9.17) is 9.26 Å². The largest absolute Gasteiger partial charge is 0.359 e. The highest BCUT2D eigenvalue weighted by Crippen LogP contribution is 2.33. The number of hydrogen-bond acceptors (Lipinski definition) is 5. The summed E-state index contributed by atoms with van der Waals surface area (Å²) in [6.07, 6.45) is -0.00453. The molecule has 0 aliphatic carbocycles. The number of benzene rings is 1. The summed E-state index contributed by atoms with van der Waals surface area (Å²) in [5.41, 5.74) is 1.73. The van der Waals surface area contributed by atoms with Crippen molar-refractivity contribution in [3.05, 3.63) is 53.4 Å². The van der Waals surface area contributed by atoms with Gasteiger partial charge in [-0.1, -0.05) is 42.4 Å². The van der Waals surface area contributed by atoms with Crippen molar-refractivity contribution in [2.45, 2.75) is 51.9 Å². The Morgan fingerprint density at radius 1 is 1.32 bits per heavy atom. The van der Waals surface area contributed by atoms with Gasteiger partial charge in [0.2, 0.25) is 5.91 Å². The van der Waals surface area contributed by atoms with Gasteiger partial charge in [0.1, 0.15) is 6.61 Å². The molecule has 28 heavy (non-hydrogen) atoms. The molecule has 0 N–H and O–H groups in total. The first-order valence-electron chi connectivity index (χ1n) is 9.59. The van der Waals surface area contributed by atoms with Crippen LogP contribution in [0.4, 0.5) is 0 Å². The van der Waals surface area contributed by atoms with Gasteiger partial charge in [0.15, 0.2) is 11.9 Å². The molecule has 0 radical (unpaired) electrons. The van der Waals surface area contributed by atoms with E-state index in [1.165, 1.54) is 0 Å². The predicted molar refractivity (Wildman–Crippen MR) is 103 cm³/mol. The van der Waals surface area contributed by atoms with E-state index < -0.39 is 12.1 Å². The van der Waals surface area contributed by atoms with Crippen LogP contribution in [0.3, 0.4) is 0 Å². The molecular weight excluding hydrogens is 358 g/mol. The van der Waals surface area contributed by atoms with Crippen LogP contribution in [0.1, 0.15) is 43.8 Å². The monoisotopic (exact) mass is 385 g/mol. The number of carbonyl (C=O) groups is 2. The molecule has 0 spiro atoms. The van der Waals surface area contributed by atoms with Crippen molar-refractivity contribution in [2.75, 3.05) is 13.7 Å². The van der Waals surface area contributed by atoms with Crippen LogP contribution in [0.2, 0.25) is 0 Å². The van der Waals surface area contributed by atoms with Crippen molar-refractivity contribution in [1.82, 2.24) is 15.0 Å². The summed E-state index contributed by atoms with van der Waals surface area (Å²) < 4.78 is 11.1. The van der Waals surface area contributed by atoms with Gasteiger partial charge in [0.25, 0.3) is 5.91 Å². The Balaban J connectivity index is 1.86. The second-order valence-electron chi connectivity index (χ2n) is 7.31. The summed E-state index contributed by atoms with van der Waals surface area (Å²) >= 11 is 0. The molecule has 150 valence electrons. The van der Waals surface area contributed by atoms with Crippen LogP contribution in [0.15, 0.2) is 40.9 Å². The van der Waals surface area contributed by atoms with E-state index in [9.17, 15) is 9.59 Å². The normalized spacial score (nSPS) is 19.9. The fraction of sp³-hybridized carbons (Fsp3) is 0.476. The van der Waals surface area contributed by atoms with E-state index in [-0.39, 0.29) is 24.5 Å². The number of hydrogen-bond donors (Lipinski definition) is 0. The number of nitrogens with zero attached hydrogens (tertiary/aromatic N) is 3. The van der Waals surface area contributed by atoms with Crippen molar-refractivity contribution in [1.29, 1.82) is 0 Å². The SMILES string of the molecule is CCc1cc(CN(C)C(=O)[C@H]2OCC(=O)N(C(C)C)[C@@H]2c2ccccc2)on1. The molecule has 7 nitrogen and oxygen atoms in total. The fourth-order valence-electron chi connectivity index (χ4n) is 3.55. The molecule has 1 aliphatic heterocycles. The smallest absolute Gasteiger partial charge is 0.254 e. The molecule has 0 saturated carbocycles. The Bertz CT molecular complexity index is 818. The summed E-state index contributed by atoms with van der Waals surface area (Å²) in [6, 6.07) is 10.9. The van der Waals surface area contributed by atoms with Gasteiger partial charge in [-0.05, 0) is 25.8 Å². The zero-order valence-corrected chi connectivity index (χ0v) is 16.8. The molecule has 1 fully saturated rings. The maximum atomic E-state index is 13.2. The Kier molecular flexibility index (Phi) is 6.14. The molecule has 3 rings (SSSR count). The van der Waals surface area contributed by atoms with Gasteiger partial charge < -0.3 is 19.1 Å². The molecular formula is C21H27N3O4. The van der Waals surface area contributed by atoms with E-state index in [1.807, 2.05) is 57.2 Å². The van der Waals surface area contributed by atoms with Crippen molar-refractivity contribution < 1.29 is 18.8 Å². The summed E-state index contributed by atoms with van der Waals surface area (Å²) in [5, 5.41) is 3.97. The summed E-state index contributed by atoms with van der Waals surface area (Å²) in [6.45, 7) is 6.08. The van der Waals surface area contributed by atoms with Crippen LogP contribution in [0.5, 0.6) is 0 Å². The van der Waals surface area contributed by atoms with Crippen LogP contribution < -0.4 is 0 Å². The Hall–Kier alpha value is -2.67. The molecule has 1 aromatic heterocycles. The van der Waals surface area contributed by atoms with Crippen molar-refractivity contribution in [3.8, 4) is 0 Å². The van der Waals surface area contributed by atoms with Crippen molar-refractivity contribution in [3.63, 3.8) is 0 Å². The number of aryl methyl sites for hydroxylation is 1. The minimum atomic E-state index is -0.777. The highest BCUT2D eigenvalue weighted by atomic mass is 16.5. The number of amides is 2. The lowest BCUT2D eigenvalue weighted by atomic mass is 9.95. The lowest BCUT2D eigenvalue weighted by molar-refractivity contribution is -0.171. The van der Waals surface area contributed by atoms with Crippen molar-refractivity contribution >= 4 is 11.8 Å². The zero-order chi connectivity index (χ0) is 20.3. The Labute approximate surface area is 165 Å². The molecule has 7 heteroatoms. The van der Waals surface area contributed by atoms with Crippen LogP contribution in [0, 0.1) is 0 Å². The van der Waals surface area contributed by atoms with E-state index in [2.05, 4.69) is 5.16 Å². The molecule has 2 amide bonds. The molecule has 0 unspecified atom stereocenters. The average molecular weight is 385 g/mol. The second kappa shape index (κ2) is 8.56. The molecule has 2 aromatic rings. The minimum absolute atomic E-state index is 0.0522. The maximum Gasteiger partial charge on any atom is 0.254 e. The summed E-state index contributed by atoms with van der Waals surface area (Å²) in [7, 11) is 1.71. The lowest BCUT2D eigenvalue weighted by Gasteiger charge is -2.43. The van der Waals surface area contributed by atoms with E-state index >= 15 is 0 Å². The van der Waals surface area contributed by atoms with Crippen LogP contribution in [-0.4, -0.2) is 52.6 Å². The standard InChI is InChI=1S/C21H27N3O4/c1-5-16-11-17(28-22-16)12-23(4)21(26)20-19(15-9-7-6-8-10-15)24(14(2)3)18(25)13-27-20/h6-11,14,19-20H,5,12-13H2,1-4H3/t19-,20+/m1/s1. The van der Waals surface area contributed by atoms with E-state index in [0.29, 0.717) is 12.3 Å². The topological polar surface area (TPSA) is 75.9 Å². The highest BCUT2D eigenvalue weighted by Gasteiger charge is 2.43. The van der Waals surface area contributed by atoms with Crippen LogP contribution in [-0.2, 0) is 27.3 Å². The van der Waals surface area contributed by atoms with Crippen LogP contribution >= 0.6 is 0 Å². The summed E-state index contributed by atoms with van der Waals surface area (Å²) in [5.74, 6) is 0.316. The van der Waals surface area contributed by atoms with E-state index in [1.54, 1.807) is 16.8 Å². The second-order valence-corrected chi connectivity index (χ2v) is 7.31. The number of likely N-dealkylation sites (N-methyl/N-ethyl adjacent to an activating group) is 1. The van der Waals surface area contributed by atoms with Gasteiger partial charge in [-0.15, -0.1) is 0 Å². The molecule has 2 heterocycles. The van der Waals surface area contributed by atoms with Gasteiger partial charge in [0.05, 0.1) is 18.3 Å². The third kappa shape index (κ3) is 4.09. The number of ether oxygens (including phenoxy) is 1. The Morgan fingerprint density at radius 3 is 2.64 bits per heavy atom. The van der Waals surface area contributed by atoms with Gasteiger partial charge in [-0.2, -0.15) is 0 Å². The number of morpholine rings is 1. The highest BCUT2D eigenvalue weighted by molar-refractivity contribution is 5.86. The first kappa shape index (κ1) is 20.1. The average Bonchev–Trinajstić information content (AvgIpc) is 3.15. The minimum Gasteiger partial charge on any atom is -0.359 e. The third-order valence-electron chi connectivity index (χ3n) is 4.94. The van der Waals surface area contributed by atoms with Crippen molar-refractivity contribution in [2.24, 2.45) is 0 Å². The van der Waals surface area contributed by atoms with Gasteiger partial charge in [-0.25, -0.2) is 0 Å². The zero-order valence-electron chi connectivity index (χ0n) is 16.8. The molecule has 1 aliphatic rings. The predicted octanol–water partition coefficient (Wildman–Crippen LogP) is 2.57. The van der Waals surface area contributed by atoms with Crippen LogP contribution in [0.25, 0.3) is 0 Å². The fourth-order valence-corrected chi connectivity index (χ4v) is 3.55. The number of aromatic nitrogens is 1. The summed E-state index contributed by atoms with van der Waals surface area (Å²) in [4.78, 5) is 29.1. The van der Waals surface area contributed by atoms with Gasteiger partial charge in [-0.3, -0.25) is 9.59 Å². The van der Waals surface area contributed by atoms with Gasteiger partial charge >= 0.3 is 0 Å². The molecule has 1 aromatic carbocycles. The van der Waals surface area contributed by atoms with Gasteiger partial charge in [0, 0.05) is 19.2 Å². The molecule has 0 bridgehead atoms. The third-order valence-corrected chi connectivity index (χ3v) is 4.94. The first-order valence-corrected chi connectivity index (χ1v) is 9.59. The Morgan fingerprint density at radius 2 is 2.04 bits per heavy atom. The first-order chi connectivity index (χ1) is 13.4. The number of carbonyl (C=O) groups excluding carboxylic acids is 2. The number of rotatable bonds is 6. The van der Waals surface area contributed by atoms with E-state index in [0.717, 1.165) is 17.7 Å². The quantitative estimate of drug-likeness (QED) is 0.764.